The van der Waals surface area contributed by atoms with Crippen LogP contribution < -0.4 is 0 Å². The number of pyridine rings is 1. The van der Waals surface area contributed by atoms with Crippen LogP contribution >= 0.6 is 0 Å². The van der Waals surface area contributed by atoms with E-state index in [0.717, 1.165) is 5.69 Å². The monoisotopic (exact) mass is 603 g/mol. The quantitative estimate of drug-likeness (QED) is 0.170. The van der Waals surface area contributed by atoms with Crippen LogP contribution in [0.5, 0.6) is 0 Å². The molecular formula is C47H25N. The Kier molecular flexibility index (Phi) is 4.52. The summed E-state index contributed by atoms with van der Waals surface area (Å²) in [6.07, 6.45) is 1.92. The fourth-order valence-corrected chi connectivity index (χ4v) is 9.20. The SMILES string of the molecule is c1ccc2c(c1)-c1cccc3c1c-2cc1c2ccccc2c(-c2cc4c5cccc6c5c(cc4c4ccccc24)-c2ncccc2-6)cc31. The van der Waals surface area contributed by atoms with Gasteiger partial charge >= 0.3 is 0 Å². The summed E-state index contributed by atoms with van der Waals surface area (Å²) in [5, 5.41) is 15.6. The van der Waals surface area contributed by atoms with Gasteiger partial charge in [-0.15, -0.1) is 0 Å². The van der Waals surface area contributed by atoms with Crippen LogP contribution in [-0.4, -0.2) is 4.98 Å². The van der Waals surface area contributed by atoms with Crippen LogP contribution in [0.1, 0.15) is 0 Å². The summed E-state index contributed by atoms with van der Waals surface area (Å²) in [4.78, 5) is 4.87. The second-order valence-electron chi connectivity index (χ2n) is 13.4. The minimum atomic E-state index is 1.09. The Labute approximate surface area is 276 Å². The summed E-state index contributed by atoms with van der Waals surface area (Å²) >= 11 is 0. The molecule has 0 saturated heterocycles. The van der Waals surface area contributed by atoms with Gasteiger partial charge in [-0.2, -0.15) is 0 Å². The first kappa shape index (κ1) is 24.9. The van der Waals surface area contributed by atoms with Crippen molar-refractivity contribution in [2.24, 2.45) is 0 Å². The number of rotatable bonds is 1. The summed E-state index contributed by atoms with van der Waals surface area (Å²) < 4.78 is 0. The summed E-state index contributed by atoms with van der Waals surface area (Å²) in [5.41, 5.74) is 12.7. The predicted molar refractivity (Wildman–Crippen MR) is 204 cm³/mol. The van der Waals surface area contributed by atoms with Gasteiger partial charge in [-0.05, 0) is 134 Å². The number of hydrogen-bond donors (Lipinski definition) is 0. The van der Waals surface area contributed by atoms with Gasteiger partial charge in [0.1, 0.15) is 0 Å². The average Bonchev–Trinajstić information content (AvgIpc) is 3.65. The molecule has 2 aliphatic rings. The highest BCUT2D eigenvalue weighted by Gasteiger charge is 2.26. The molecule has 0 radical (unpaired) electrons. The van der Waals surface area contributed by atoms with Crippen molar-refractivity contribution in [3.8, 4) is 55.8 Å². The zero-order valence-corrected chi connectivity index (χ0v) is 25.9. The van der Waals surface area contributed by atoms with E-state index in [1.165, 1.54) is 115 Å². The number of nitrogens with zero attached hydrogens (tertiary/aromatic N) is 1. The lowest BCUT2D eigenvalue weighted by atomic mass is 9.85. The van der Waals surface area contributed by atoms with Gasteiger partial charge in [0.2, 0.25) is 0 Å². The second-order valence-corrected chi connectivity index (χ2v) is 13.4. The van der Waals surface area contributed by atoms with Crippen LogP contribution in [0.3, 0.4) is 0 Å². The van der Waals surface area contributed by atoms with E-state index in [9.17, 15) is 0 Å². The van der Waals surface area contributed by atoms with Crippen LogP contribution in [0.15, 0.2) is 152 Å². The summed E-state index contributed by atoms with van der Waals surface area (Å²) in [7, 11) is 0. The van der Waals surface area contributed by atoms with Crippen LogP contribution in [0.4, 0.5) is 0 Å². The van der Waals surface area contributed by atoms with Crippen LogP contribution in [0.2, 0.25) is 0 Å². The highest BCUT2D eigenvalue weighted by molar-refractivity contribution is 6.32. The largest absolute Gasteiger partial charge is 0.256 e. The van der Waals surface area contributed by atoms with Gasteiger partial charge < -0.3 is 0 Å². The lowest BCUT2D eigenvalue weighted by Crippen LogP contribution is -1.90. The zero-order valence-electron chi connectivity index (χ0n) is 25.9. The van der Waals surface area contributed by atoms with E-state index >= 15 is 0 Å². The third kappa shape index (κ3) is 2.96. The van der Waals surface area contributed by atoms with E-state index in [-0.39, 0.29) is 0 Å². The third-order valence-electron chi connectivity index (χ3n) is 11.1. The van der Waals surface area contributed by atoms with Gasteiger partial charge in [0.15, 0.2) is 0 Å². The van der Waals surface area contributed by atoms with E-state index in [1.807, 2.05) is 6.20 Å². The molecule has 9 aromatic carbocycles. The average molecular weight is 604 g/mol. The molecule has 1 heterocycles. The number of hydrogen-bond acceptors (Lipinski definition) is 1. The first-order chi connectivity index (χ1) is 23.8. The van der Waals surface area contributed by atoms with Crippen molar-refractivity contribution in [2.45, 2.75) is 0 Å². The van der Waals surface area contributed by atoms with Crippen molar-refractivity contribution in [2.75, 3.05) is 0 Å². The Balaban J connectivity index is 1.25. The van der Waals surface area contributed by atoms with Gasteiger partial charge in [0, 0.05) is 17.3 Å². The maximum absolute atomic E-state index is 4.87. The van der Waals surface area contributed by atoms with Crippen molar-refractivity contribution in [1.82, 2.24) is 4.98 Å². The van der Waals surface area contributed by atoms with E-state index in [4.69, 9.17) is 4.98 Å². The molecule has 0 saturated carbocycles. The number of aromatic nitrogens is 1. The molecular weight excluding hydrogens is 579 g/mol. The van der Waals surface area contributed by atoms with Crippen LogP contribution in [0.25, 0.3) is 120 Å². The van der Waals surface area contributed by atoms with Crippen LogP contribution in [0, 0.1) is 0 Å². The highest BCUT2D eigenvalue weighted by Crippen LogP contribution is 2.53. The van der Waals surface area contributed by atoms with Crippen molar-refractivity contribution in [3.63, 3.8) is 0 Å². The maximum atomic E-state index is 4.87. The molecule has 0 unspecified atom stereocenters. The fraction of sp³-hybridized carbons (Fsp3) is 0. The molecule has 0 aliphatic heterocycles. The van der Waals surface area contributed by atoms with E-state index in [2.05, 4.69) is 146 Å². The standard InChI is InChI=1S/C47H25N/c1-6-15-31-26(10-1)32-16-7-18-34-41-22-37(27-11-2-4-13-29(27)39(41)24-43(31)45(32)34)38-23-42-35-19-8-17-33-36-20-9-21-48-47(36)44(46(33)35)25-40(42)30-14-5-3-12-28(30)38/h1-25H. The van der Waals surface area contributed by atoms with Crippen molar-refractivity contribution in [3.05, 3.63) is 152 Å². The smallest absolute Gasteiger partial charge is 0.0787 e. The summed E-state index contributed by atoms with van der Waals surface area (Å²) in [5.74, 6) is 0. The molecule has 0 atom stereocenters. The normalized spacial score (nSPS) is 12.6. The first-order valence-electron chi connectivity index (χ1n) is 16.7. The Bertz CT molecular complexity index is 2900. The van der Waals surface area contributed by atoms with Gasteiger partial charge in [-0.25, -0.2) is 0 Å². The molecule has 0 fully saturated rings. The molecule has 0 amide bonds. The molecule has 1 heteroatoms. The molecule has 0 N–H and O–H groups in total. The number of fused-ring (bicyclic) bond motifs is 14. The summed E-state index contributed by atoms with van der Waals surface area (Å²) in [6.45, 7) is 0. The second kappa shape index (κ2) is 8.73. The molecule has 2 aliphatic carbocycles. The topological polar surface area (TPSA) is 12.9 Å². The fourth-order valence-electron chi connectivity index (χ4n) is 9.20. The molecule has 12 rings (SSSR count). The number of benzene rings is 9. The minimum Gasteiger partial charge on any atom is -0.256 e. The Morgan fingerprint density at radius 1 is 0.250 bits per heavy atom. The van der Waals surface area contributed by atoms with Gasteiger partial charge in [0.05, 0.1) is 5.69 Å². The Morgan fingerprint density at radius 3 is 1.31 bits per heavy atom. The van der Waals surface area contributed by atoms with E-state index in [0.29, 0.717) is 0 Å². The Hall–Kier alpha value is -6.31. The van der Waals surface area contributed by atoms with Crippen LogP contribution in [-0.2, 0) is 0 Å². The minimum absolute atomic E-state index is 1.09. The predicted octanol–water partition coefficient (Wildman–Crippen LogP) is 13.0. The molecule has 10 aromatic rings. The molecule has 1 aromatic heterocycles. The van der Waals surface area contributed by atoms with Crippen molar-refractivity contribution >= 4 is 64.6 Å². The van der Waals surface area contributed by atoms with E-state index < -0.39 is 0 Å². The lowest BCUT2D eigenvalue weighted by Gasteiger charge is -2.18. The molecule has 0 bridgehead atoms. The summed E-state index contributed by atoms with van der Waals surface area (Å²) in [6, 6.07) is 54.5. The Morgan fingerprint density at radius 2 is 0.667 bits per heavy atom. The zero-order chi connectivity index (χ0) is 31.1. The van der Waals surface area contributed by atoms with Gasteiger partial charge in [-0.1, -0.05) is 115 Å². The van der Waals surface area contributed by atoms with E-state index in [1.54, 1.807) is 0 Å². The third-order valence-corrected chi connectivity index (χ3v) is 11.1. The highest BCUT2D eigenvalue weighted by atomic mass is 14.7. The maximum Gasteiger partial charge on any atom is 0.0787 e. The molecule has 1 nitrogen and oxygen atoms in total. The van der Waals surface area contributed by atoms with Crippen molar-refractivity contribution in [1.29, 1.82) is 0 Å². The lowest BCUT2D eigenvalue weighted by molar-refractivity contribution is 1.35. The molecule has 48 heavy (non-hydrogen) atoms. The first-order valence-corrected chi connectivity index (χ1v) is 16.7. The van der Waals surface area contributed by atoms with Gasteiger partial charge in [-0.3, -0.25) is 4.98 Å². The van der Waals surface area contributed by atoms with Crippen molar-refractivity contribution < 1.29 is 0 Å². The molecule has 218 valence electrons. The molecule has 0 spiro atoms. The van der Waals surface area contributed by atoms with Gasteiger partial charge in [0.25, 0.3) is 0 Å².